The van der Waals surface area contributed by atoms with E-state index in [1.807, 2.05) is 0 Å². The van der Waals surface area contributed by atoms with Gasteiger partial charge in [-0.2, -0.15) is 0 Å². The highest BCUT2D eigenvalue weighted by atomic mass is 15.3. The van der Waals surface area contributed by atoms with Gasteiger partial charge in [0.1, 0.15) is 0 Å². The first-order valence-corrected chi connectivity index (χ1v) is 7.05. The topological polar surface area (TPSA) is 41.3 Å². The molecule has 0 aliphatic heterocycles. The van der Waals surface area contributed by atoms with E-state index in [9.17, 15) is 0 Å². The predicted octanol–water partition coefficient (Wildman–Crippen LogP) is 2.41. The molecule has 3 nitrogen and oxygen atoms in total. The molecule has 3 heteroatoms. The number of likely N-dealkylation sites (N-methyl/N-ethyl adjacent to an activating group) is 1. The molecule has 0 amide bonds. The van der Waals surface area contributed by atoms with E-state index in [1.165, 1.54) is 16.7 Å². The largest absolute Gasteiger partial charge is 0.302 e. The molecule has 108 valence electrons. The lowest BCUT2D eigenvalue weighted by Gasteiger charge is -2.42. The van der Waals surface area contributed by atoms with Crippen LogP contribution in [0, 0.1) is 13.8 Å². The summed E-state index contributed by atoms with van der Waals surface area (Å²) in [5.41, 5.74) is 7.18. The van der Waals surface area contributed by atoms with E-state index in [0.29, 0.717) is 0 Å². The number of aryl methyl sites for hydroxylation is 2. The second-order valence-corrected chi connectivity index (χ2v) is 5.90. The third kappa shape index (κ3) is 3.35. The van der Waals surface area contributed by atoms with Crippen molar-refractivity contribution in [2.75, 3.05) is 14.1 Å². The van der Waals surface area contributed by atoms with Crippen molar-refractivity contribution in [2.45, 2.75) is 52.1 Å². The zero-order chi connectivity index (χ0) is 14.6. The highest BCUT2D eigenvalue weighted by Crippen LogP contribution is 2.25. The van der Waals surface area contributed by atoms with Gasteiger partial charge in [-0.25, -0.2) is 0 Å². The molecule has 2 atom stereocenters. The minimum atomic E-state index is 0.0451. The molecule has 0 saturated heterocycles. The van der Waals surface area contributed by atoms with E-state index in [4.69, 9.17) is 5.84 Å². The Kier molecular flexibility index (Phi) is 5.53. The number of hydrogen-bond acceptors (Lipinski definition) is 3. The number of rotatable bonds is 6. The molecule has 3 N–H and O–H groups in total. The zero-order valence-corrected chi connectivity index (χ0v) is 13.2. The van der Waals surface area contributed by atoms with Crippen molar-refractivity contribution < 1.29 is 0 Å². The molecular formula is C16H29N3. The lowest BCUT2D eigenvalue weighted by atomic mass is 9.83. The smallest absolute Gasteiger partial charge is 0.0432 e. The van der Waals surface area contributed by atoms with E-state index in [-0.39, 0.29) is 11.6 Å². The Morgan fingerprint density at radius 3 is 2.16 bits per heavy atom. The minimum absolute atomic E-state index is 0.0451. The molecule has 2 unspecified atom stereocenters. The summed E-state index contributed by atoms with van der Waals surface area (Å²) in [6.45, 7) is 8.84. The molecular weight excluding hydrogens is 234 g/mol. The van der Waals surface area contributed by atoms with Crippen LogP contribution < -0.4 is 11.3 Å². The van der Waals surface area contributed by atoms with Crippen LogP contribution in [0.4, 0.5) is 0 Å². The Bertz CT molecular complexity index is 394. The molecule has 0 spiro atoms. The van der Waals surface area contributed by atoms with Crippen molar-refractivity contribution in [1.82, 2.24) is 10.3 Å². The van der Waals surface area contributed by atoms with Crippen molar-refractivity contribution in [3.8, 4) is 0 Å². The summed E-state index contributed by atoms with van der Waals surface area (Å²) in [5.74, 6) is 5.84. The van der Waals surface area contributed by atoms with Crippen LogP contribution in [0.1, 0.15) is 37.0 Å². The van der Waals surface area contributed by atoms with E-state index in [2.05, 4.69) is 70.3 Å². The van der Waals surface area contributed by atoms with Gasteiger partial charge in [0.15, 0.2) is 0 Å². The Hall–Kier alpha value is -0.900. The zero-order valence-electron chi connectivity index (χ0n) is 13.2. The lowest BCUT2D eigenvalue weighted by Crippen LogP contribution is -2.59. The molecule has 0 aliphatic rings. The standard InChI is InChI=1S/C16H29N3/c1-7-16(4,19(5)6)15(18-17)11-14-12(2)9-8-10-13(14)3/h8-10,15,18H,7,11,17H2,1-6H3. The van der Waals surface area contributed by atoms with Gasteiger partial charge in [0.25, 0.3) is 0 Å². The molecule has 1 aromatic rings. The minimum Gasteiger partial charge on any atom is -0.302 e. The first-order chi connectivity index (χ1) is 8.86. The maximum Gasteiger partial charge on any atom is 0.0432 e. The second-order valence-electron chi connectivity index (χ2n) is 5.90. The monoisotopic (exact) mass is 263 g/mol. The Labute approximate surface area is 118 Å². The Balaban J connectivity index is 3.06. The normalized spacial score (nSPS) is 16.4. The van der Waals surface area contributed by atoms with Gasteiger partial charge in [0.2, 0.25) is 0 Å². The first kappa shape index (κ1) is 16.2. The molecule has 19 heavy (non-hydrogen) atoms. The highest BCUT2D eigenvalue weighted by molar-refractivity contribution is 5.34. The Morgan fingerprint density at radius 1 is 1.26 bits per heavy atom. The number of nitrogens with two attached hydrogens (primary N) is 1. The number of hydrazine groups is 1. The fourth-order valence-corrected chi connectivity index (χ4v) is 2.71. The summed E-state index contributed by atoms with van der Waals surface area (Å²) in [6, 6.07) is 6.69. The van der Waals surface area contributed by atoms with Gasteiger partial charge in [-0.3, -0.25) is 11.3 Å². The average Bonchev–Trinajstić information content (AvgIpc) is 2.37. The van der Waals surface area contributed by atoms with Crippen LogP contribution in [0.3, 0.4) is 0 Å². The third-order valence-corrected chi connectivity index (χ3v) is 4.74. The summed E-state index contributed by atoms with van der Waals surface area (Å²) in [6.07, 6.45) is 2.01. The highest BCUT2D eigenvalue weighted by Gasteiger charge is 2.34. The van der Waals surface area contributed by atoms with E-state index >= 15 is 0 Å². The average molecular weight is 263 g/mol. The summed E-state index contributed by atoms with van der Waals surface area (Å²) in [5, 5.41) is 0. The van der Waals surface area contributed by atoms with E-state index in [0.717, 1.165) is 12.8 Å². The van der Waals surface area contributed by atoms with Gasteiger partial charge in [0.05, 0.1) is 0 Å². The molecule has 0 bridgehead atoms. The van der Waals surface area contributed by atoms with Crippen molar-refractivity contribution in [2.24, 2.45) is 5.84 Å². The molecule has 1 rings (SSSR count). The Morgan fingerprint density at radius 2 is 1.79 bits per heavy atom. The van der Waals surface area contributed by atoms with E-state index < -0.39 is 0 Å². The fraction of sp³-hybridized carbons (Fsp3) is 0.625. The van der Waals surface area contributed by atoms with Gasteiger partial charge in [-0.05, 0) is 64.4 Å². The summed E-state index contributed by atoms with van der Waals surface area (Å²) < 4.78 is 0. The van der Waals surface area contributed by atoms with Crippen LogP contribution in [-0.2, 0) is 6.42 Å². The second kappa shape index (κ2) is 6.51. The van der Waals surface area contributed by atoms with Crippen molar-refractivity contribution in [3.63, 3.8) is 0 Å². The summed E-state index contributed by atoms with van der Waals surface area (Å²) in [4.78, 5) is 2.27. The van der Waals surface area contributed by atoms with E-state index in [1.54, 1.807) is 0 Å². The maximum absolute atomic E-state index is 5.84. The summed E-state index contributed by atoms with van der Waals surface area (Å²) in [7, 11) is 4.25. The van der Waals surface area contributed by atoms with Gasteiger partial charge in [-0.15, -0.1) is 0 Å². The molecule has 0 saturated carbocycles. The van der Waals surface area contributed by atoms with Crippen LogP contribution in [-0.4, -0.2) is 30.6 Å². The fourth-order valence-electron chi connectivity index (χ4n) is 2.71. The van der Waals surface area contributed by atoms with Crippen LogP contribution in [0.5, 0.6) is 0 Å². The van der Waals surface area contributed by atoms with Crippen LogP contribution in [0.15, 0.2) is 18.2 Å². The summed E-state index contributed by atoms with van der Waals surface area (Å²) >= 11 is 0. The number of nitrogens with one attached hydrogen (secondary N) is 1. The van der Waals surface area contributed by atoms with Crippen LogP contribution in [0.2, 0.25) is 0 Å². The molecule has 1 aromatic carbocycles. The number of benzene rings is 1. The van der Waals surface area contributed by atoms with Gasteiger partial charge >= 0.3 is 0 Å². The SMILES string of the molecule is CCC(C)(C(Cc1c(C)cccc1C)NN)N(C)C. The third-order valence-electron chi connectivity index (χ3n) is 4.74. The molecule has 0 fully saturated rings. The van der Waals surface area contributed by atoms with Crippen molar-refractivity contribution in [3.05, 3.63) is 34.9 Å². The predicted molar refractivity (Wildman–Crippen MR) is 83.1 cm³/mol. The van der Waals surface area contributed by atoms with Gasteiger partial charge in [-0.1, -0.05) is 25.1 Å². The van der Waals surface area contributed by atoms with Crippen LogP contribution in [0.25, 0.3) is 0 Å². The van der Waals surface area contributed by atoms with Crippen molar-refractivity contribution >= 4 is 0 Å². The molecule has 0 radical (unpaired) electrons. The van der Waals surface area contributed by atoms with Gasteiger partial charge < -0.3 is 4.90 Å². The van der Waals surface area contributed by atoms with Gasteiger partial charge in [0, 0.05) is 11.6 Å². The number of hydrogen-bond donors (Lipinski definition) is 2. The quantitative estimate of drug-likeness (QED) is 0.612. The first-order valence-electron chi connectivity index (χ1n) is 7.05. The van der Waals surface area contributed by atoms with Crippen LogP contribution >= 0.6 is 0 Å². The maximum atomic E-state index is 5.84. The molecule has 0 aliphatic carbocycles. The lowest BCUT2D eigenvalue weighted by molar-refractivity contribution is 0.112. The molecule has 0 heterocycles. The number of nitrogens with zero attached hydrogens (tertiary/aromatic N) is 1. The molecule has 0 aromatic heterocycles. The van der Waals surface area contributed by atoms with Crippen molar-refractivity contribution in [1.29, 1.82) is 0 Å².